The van der Waals surface area contributed by atoms with E-state index in [-0.39, 0.29) is 5.92 Å². The quantitative estimate of drug-likeness (QED) is 0.759. The predicted molar refractivity (Wildman–Crippen MR) is 87.0 cm³/mol. The average Bonchev–Trinajstić information content (AvgIpc) is 2.53. The van der Waals surface area contributed by atoms with Crippen LogP contribution in [0.3, 0.4) is 0 Å². The van der Waals surface area contributed by atoms with E-state index < -0.39 is 6.10 Å². The molecule has 1 N–H and O–H groups in total. The van der Waals surface area contributed by atoms with Gasteiger partial charge in [0.2, 0.25) is 0 Å². The summed E-state index contributed by atoms with van der Waals surface area (Å²) >= 11 is 0. The number of nitrogens with zero attached hydrogens (tertiary/aromatic N) is 1. The van der Waals surface area contributed by atoms with Gasteiger partial charge in [-0.25, -0.2) is 0 Å². The maximum Gasteiger partial charge on any atom is 0.0983 e. The van der Waals surface area contributed by atoms with Crippen molar-refractivity contribution in [2.45, 2.75) is 20.0 Å². The Morgan fingerprint density at radius 2 is 1.57 bits per heavy atom. The Bertz CT molecular complexity index is 750. The zero-order chi connectivity index (χ0) is 14.8. The molecule has 1 heterocycles. The molecule has 106 valence electrons. The van der Waals surface area contributed by atoms with Gasteiger partial charge in [0.05, 0.1) is 17.3 Å². The molecule has 1 unspecified atom stereocenters. The van der Waals surface area contributed by atoms with Gasteiger partial charge in [0.25, 0.3) is 0 Å². The molecule has 3 aromatic rings. The van der Waals surface area contributed by atoms with Crippen LogP contribution in [0.1, 0.15) is 25.6 Å². The lowest BCUT2D eigenvalue weighted by atomic mass is 9.96. The molecule has 0 aliphatic heterocycles. The van der Waals surface area contributed by atoms with Gasteiger partial charge < -0.3 is 5.11 Å². The zero-order valence-corrected chi connectivity index (χ0v) is 12.3. The van der Waals surface area contributed by atoms with Crippen LogP contribution in [-0.4, -0.2) is 10.1 Å². The molecule has 0 aliphatic carbocycles. The van der Waals surface area contributed by atoms with E-state index in [9.17, 15) is 5.11 Å². The van der Waals surface area contributed by atoms with Gasteiger partial charge in [-0.1, -0.05) is 62.4 Å². The lowest BCUT2D eigenvalue weighted by Gasteiger charge is -2.16. The molecule has 0 fully saturated rings. The van der Waals surface area contributed by atoms with Crippen molar-refractivity contribution in [1.29, 1.82) is 0 Å². The second kappa shape index (κ2) is 5.66. The minimum Gasteiger partial charge on any atom is -0.387 e. The first kappa shape index (κ1) is 13.8. The van der Waals surface area contributed by atoms with Gasteiger partial charge >= 0.3 is 0 Å². The number of aliphatic hydroxyl groups is 1. The number of benzene rings is 2. The Balaban J connectivity index is 2.26. The first-order chi connectivity index (χ1) is 10.2. The average molecular weight is 277 g/mol. The van der Waals surface area contributed by atoms with Crippen LogP contribution in [0, 0.1) is 5.92 Å². The van der Waals surface area contributed by atoms with E-state index in [4.69, 9.17) is 0 Å². The van der Waals surface area contributed by atoms with Gasteiger partial charge in [0.1, 0.15) is 0 Å². The molecule has 0 spiro atoms. The second-order valence-electron chi connectivity index (χ2n) is 5.67. The molecule has 0 amide bonds. The van der Waals surface area contributed by atoms with E-state index in [2.05, 4.69) is 23.2 Å². The topological polar surface area (TPSA) is 33.1 Å². The van der Waals surface area contributed by atoms with E-state index in [1.54, 1.807) is 0 Å². The highest BCUT2D eigenvalue weighted by atomic mass is 16.3. The highest BCUT2D eigenvalue weighted by Gasteiger charge is 2.16. The van der Waals surface area contributed by atoms with E-state index in [0.717, 1.165) is 27.7 Å². The number of pyridine rings is 1. The molecule has 0 saturated heterocycles. The van der Waals surface area contributed by atoms with E-state index in [0.29, 0.717) is 0 Å². The highest BCUT2D eigenvalue weighted by Crippen LogP contribution is 2.31. The largest absolute Gasteiger partial charge is 0.387 e. The van der Waals surface area contributed by atoms with E-state index >= 15 is 0 Å². The van der Waals surface area contributed by atoms with Crippen molar-refractivity contribution in [2.24, 2.45) is 5.92 Å². The van der Waals surface area contributed by atoms with Crippen LogP contribution >= 0.6 is 0 Å². The zero-order valence-electron chi connectivity index (χ0n) is 12.3. The molecule has 2 aromatic carbocycles. The van der Waals surface area contributed by atoms with Crippen LogP contribution in [0.2, 0.25) is 0 Å². The number of hydrogen-bond donors (Lipinski definition) is 1. The molecule has 1 aromatic heterocycles. The fourth-order valence-corrected chi connectivity index (χ4v) is 2.55. The summed E-state index contributed by atoms with van der Waals surface area (Å²) in [6.45, 7) is 4.01. The molecule has 2 nitrogen and oxygen atoms in total. The number of para-hydroxylation sites is 1. The normalized spacial score (nSPS) is 12.8. The smallest absolute Gasteiger partial charge is 0.0983 e. The molecule has 1 atom stereocenters. The molecule has 0 radical (unpaired) electrons. The third kappa shape index (κ3) is 2.67. The number of rotatable bonds is 3. The monoisotopic (exact) mass is 277 g/mol. The fourth-order valence-electron chi connectivity index (χ4n) is 2.55. The Morgan fingerprint density at radius 1 is 0.905 bits per heavy atom. The van der Waals surface area contributed by atoms with E-state index in [1.807, 2.05) is 56.3 Å². The van der Waals surface area contributed by atoms with Gasteiger partial charge in [0.15, 0.2) is 0 Å². The minimum atomic E-state index is -0.544. The van der Waals surface area contributed by atoms with Gasteiger partial charge in [-0.2, -0.15) is 0 Å². The second-order valence-corrected chi connectivity index (χ2v) is 5.67. The fraction of sp³-hybridized carbons (Fsp3) is 0.211. The summed E-state index contributed by atoms with van der Waals surface area (Å²) in [5, 5.41) is 11.5. The maximum atomic E-state index is 10.4. The lowest BCUT2D eigenvalue weighted by Crippen LogP contribution is -2.08. The first-order valence-electron chi connectivity index (χ1n) is 7.30. The standard InChI is InChI=1S/C19H19NO/c1-13(2)19(21)18-12-16(14-8-4-3-5-9-14)15-10-6-7-11-17(15)20-18/h3-13,19,21H,1-2H3. The van der Waals surface area contributed by atoms with Crippen LogP contribution in [0.4, 0.5) is 0 Å². The van der Waals surface area contributed by atoms with Crippen molar-refractivity contribution in [3.8, 4) is 11.1 Å². The van der Waals surface area contributed by atoms with Crippen LogP contribution in [0.15, 0.2) is 60.7 Å². The Labute approximate surface area is 125 Å². The Kier molecular flexibility index (Phi) is 3.72. The summed E-state index contributed by atoms with van der Waals surface area (Å²) < 4.78 is 0. The number of hydrogen-bond acceptors (Lipinski definition) is 2. The van der Waals surface area contributed by atoms with Gasteiger partial charge in [-0.3, -0.25) is 4.98 Å². The number of aromatic nitrogens is 1. The summed E-state index contributed by atoms with van der Waals surface area (Å²) in [6.07, 6.45) is -0.544. The minimum absolute atomic E-state index is 0.141. The lowest BCUT2D eigenvalue weighted by molar-refractivity contribution is 0.123. The van der Waals surface area contributed by atoms with Gasteiger partial charge in [-0.05, 0) is 29.2 Å². The summed E-state index contributed by atoms with van der Waals surface area (Å²) in [7, 11) is 0. The summed E-state index contributed by atoms with van der Waals surface area (Å²) in [6, 6.07) is 20.4. The third-order valence-corrected chi connectivity index (χ3v) is 3.76. The van der Waals surface area contributed by atoms with Crippen molar-refractivity contribution in [1.82, 2.24) is 4.98 Å². The number of fused-ring (bicyclic) bond motifs is 1. The van der Waals surface area contributed by atoms with Crippen LogP contribution in [0.25, 0.3) is 22.0 Å². The third-order valence-electron chi connectivity index (χ3n) is 3.76. The van der Waals surface area contributed by atoms with Crippen LogP contribution in [-0.2, 0) is 0 Å². The van der Waals surface area contributed by atoms with Crippen molar-refractivity contribution in [3.63, 3.8) is 0 Å². The molecule has 3 rings (SSSR count). The van der Waals surface area contributed by atoms with Crippen LogP contribution < -0.4 is 0 Å². The Hall–Kier alpha value is -2.19. The van der Waals surface area contributed by atoms with Crippen molar-refractivity contribution in [3.05, 3.63) is 66.4 Å². The number of aliphatic hydroxyl groups excluding tert-OH is 1. The molecule has 0 aliphatic rings. The SMILES string of the molecule is CC(C)C(O)c1cc(-c2ccccc2)c2ccccc2n1. The maximum absolute atomic E-state index is 10.4. The first-order valence-corrected chi connectivity index (χ1v) is 7.30. The highest BCUT2D eigenvalue weighted by molar-refractivity contribution is 5.94. The Morgan fingerprint density at radius 3 is 2.29 bits per heavy atom. The molecule has 2 heteroatoms. The summed E-state index contributed by atoms with van der Waals surface area (Å²) in [5.41, 5.74) is 3.93. The molecule has 21 heavy (non-hydrogen) atoms. The van der Waals surface area contributed by atoms with Crippen molar-refractivity contribution in [2.75, 3.05) is 0 Å². The molecule has 0 bridgehead atoms. The molecule has 0 saturated carbocycles. The van der Waals surface area contributed by atoms with Crippen LogP contribution in [0.5, 0.6) is 0 Å². The summed E-state index contributed by atoms with van der Waals surface area (Å²) in [4.78, 5) is 4.63. The van der Waals surface area contributed by atoms with Gasteiger partial charge in [0, 0.05) is 5.39 Å². The van der Waals surface area contributed by atoms with Crippen molar-refractivity contribution >= 4 is 10.9 Å². The van der Waals surface area contributed by atoms with E-state index in [1.165, 1.54) is 0 Å². The molecular formula is C19H19NO. The van der Waals surface area contributed by atoms with Crippen molar-refractivity contribution < 1.29 is 5.11 Å². The molecular weight excluding hydrogens is 258 g/mol. The summed E-state index contributed by atoms with van der Waals surface area (Å²) in [5.74, 6) is 0.141. The predicted octanol–water partition coefficient (Wildman–Crippen LogP) is 4.59. The van der Waals surface area contributed by atoms with Gasteiger partial charge in [-0.15, -0.1) is 0 Å².